The number of amidine groups is 1. The summed E-state index contributed by atoms with van der Waals surface area (Å²) in [7, 11) is 2.15. The van der Waals surface area contributed by atoms with Gasteiger partial charge in [-0.25, -0.2) is 4.99 Å². The normalized spacial score (nSPS) is 20.2. The first kappa shape index (κ1) is 17.4. The number of rotatable bonds is 1. The molecule has 0 amide bonds. The van der Waals surface area contributed by atoms with Crippen molar-refractivity contribution in [2.75, 3.05) is 38.1 Å². The standard InChI is InChI=1S/C20H20Cl2N4/c1-14-6-7-26-19-13-17(22)16(21)12-15(19)4-3-5-18(20(26)23-14)25-10-8-24(2)9-11-25/h3,6-7,12-13H,1,4,8-11H2,2H3. The second-order valence-electron chi connectivity index (χ2n) is 6.70. The van der Waals surface area contributed by atoms with E-state index >= 15 is 0 Å². The molecule has 3 aliphatic rings. The monoisotopic (exact) mass is 386 g/mol. The number of nitrogens with zero attached hydrogens (tertiary/aromatic N) is 4. The Morgan fingerprint density at radius 3 is 2.62 bits per heavy atom. The van der Waals surface area contributed by atoms with Crippen LogP contribution in [0.25, 0.3) is 0 Å². The van der Waals surface area contributed by atoms with Crippen molar-refractivity contribution >= 4 is 34.7 Å². The van der Waals surface area contributed by atoms with Crippen LogP contribution in [0.5, 0.6) is 0 Å². The van der Waals surface area contributed by atoms with Crippen LogP contribution in [0.15, 0.2) is 59.2 Å². The number of hydrogen-bond acceptors (Lipinski definition) is 4. The highest BCUT2D eigenvalue weighted by Gasteiger charge is 2.28. The summed E-state index contributed by atoms with van der Waals surface area (Å²) in [5.41, 5.74) is 7.29. The fourth-order valence-electron chi connectivity index (χ4n) is 3.37. The van der Waals surface area contributed by atoms with Crippen molar-refractivity contribution in [2.24, 2.45) is 4.99 Å². The van der Waals surface area contributed by atoms with E-state index in [1.54, 1.807) is 0 Å². The molecule has 26 heavy (non-hydrogen) atoms. The fraction of sp³-hybridized carbons (Fsp3) is 0.300. The van der Waals surface area contributed by atoms with Gasteiger partial charge in [-0.1, -0.05) is 35.5 Å². The minimum Gasteiger partial charge on any atom is -0.360 e. The van der Waals surface area contributed by atoms with Gasteiger partial charge in [0, 0.05) is 38.8 Å². The van der Waals surface area contributed by atoms with Crippen molar-refractivity contribution in [3.63, 3.8) is 0 Å². The molecule has 0 unspecified atom stereocenters. The Morgan fingerprint density at radius 1 is 1.12 bits per heavy atom. The van der Waals surface area contributed by atoms with E-state index in [-0.39, 0.29) is 0 Å². The highest BCUT2D eigenvalue weighted by atomic mass is 35.5. The quantitative estimate of drug-likeness (QED) is 0.678. The van der Waals surface area contributed by atoms with Crippen LogP contribution >= 0.6 is 23.2 Å². The highest BCUT2D eigenvalue weighted by molar-refractivity contribution is 6.42. The lowest BCUT2D eigenvalue weighted by Gasteiger charge is -2.38. The molecule has 3 aliphatic heterocycles. The Morgan fingerprint density at radius 2 is 1.85 bits per heavy atom. The van der Waals surface area contributed by atoms with Gasteiger partial charge < -0.3 is 9.80 Å². The van der Waals surface area contributed by atoms with Crippen LogP contribution in [0.4, 0.5) is 5.69 Å². The molecular formula is C20H20Cl2N4. The van der Waals surface area contributed by atoms with E-state index in [1.165, 1.54) is 0 Å². The summed E-state index contributed by atoms with van der Waals surface area (Å²) in [5.74, 6) is 0.831. The number of anilines is 1. The number of benzene rings is 1. The van der Waals surface area contributed by atoms with Gasteiger partial charge in [-0.2, -0.15) is 0 Å². The van der Waals surface area contributed by atoms with Crippen LogP contribution in [-0.4, -0.2) is 48.9 Å². The van der Waals surface area contributed by atoms with E-state index in [2.05, 4.69) is 40.1 Å². The zero-order valence-corrected chi connectivity index (χ0v) is 16.2. The average molecular weight is 387 g/mol. The van der Waals surface area contributed by atoms with Crippen molar-refractivity contribution < 1.29 is 0 Å². The minimum absolute atomic E-state index is 0.539. The Hall–Kier alpha value is -1.97. The molecule has 0 bridgehead atoms. The molecule has 134 valence electrons. The third-order valence-corrected chi connectivity index (χ3v) is 5.59. The van der Waals surface area contributed by atoms with Crippen molar-refractivity contribution in [1.82, 2.24) is 9.80 Å². The van der Waals surface area contributed by atoms with Gasteiger partial charge in [0.15, 0.2) is 5.84 Å². The first-order valence-electron chi connectivity index (χ1n) is 8.65. The Labute approximate surface area is 164 Å². The Kier molecular flexibility index (Phi) is 4.68. The predicted octanol–water partition coefficient (Wildman–Crippen LogP) is 4.08. The zero-order chi connectivity index (χ0) is 18.3. The second kappa shape index (κ2) is 6.98. The van der Waals surface area contributed by atoms with Gasteiger partial charge >= 0.3 is 0 Å². The number of halogens is 2. The summed E-state index contributed by atoms with van der Waals surface area (Å²) in [4.78, 5) is 11.5. The lowest BCUT2D eigenvalue weighted by atomic mass is 10.1. The molecule has 1 aromatic carbocycles. The highest BCUT2D eigenvalue weighted by Crippen LogP contribution is 2.35. The van der Waals surface area contributed by atoms with Crippen LogP contribution in [0.3, 0.4) is 0 Å². The van der Waals surface area contributed by atoms with Gasteiger partial charge in [-0.05, 0) is 36.9 Å². The lowest BCUT2D eigenvalue weighted by molar-refractivity contribution is 0.192. The van der Waals surface area contributed by atoms with Crippen LogP contribution in [0.1, 0.15) is 5.56 Å². The molecular weight excluding hydrogens is 367 g/mol. The number of allylic oxidation sites excluding steroid dienone is 1. The van der Waals surface area contributed by atoms with Gasteiger partial charge in [0.2, 0.25) is 0 Å². The first-order valence-corrected chi connectivity index (χ1v) is 9.40. The summed E-state index contributed by atoms with van der Waals surface area (Å²) >= 11 is 12.5. The minimum atomic E-state index is 0.539. The molecule has 1 saturated heterocycles. The summed E-state index contributed by atoms with van der Waals surface area (Å²) in [6, 6.07) is 3.83. The number of hydrogen-bond donors (Lipinski definition) is 0. The first-order chi connectivity index (χ1) is 12.5. The van der Waals surface area contributed by atoms with Crippen molar-refractivity contribution in [3.05, 3.63) is 69.8 Å². The smallest absolute Gasteiger partial charge is 0.169 e. The molecule has 0 N–H and O–H groups in total. The van der Waals surface area contributed by atoms with Crippen LogP contribution < -0.4 is 4.90 Å². The second-order valence-corrected chi connectivity index (χ2v) is 7.51. The summed E-state index contributed by atoms with van der Waals surface area (Å²) in [6.45, 7) is 7.95. The Bertz CT molecular complexity index is 885. The molecule has 1 aromatic rings. The van der Waals surface area contributed by atoms with Gasteiger partial charge in [0.1, 0.15) is 5.70 Å². The van der Waals surface area contributed by atoms with E-state index in [4.69, 9.17) is 28.2 Å². The molecule has 0 atom stereocenters. The SMILES string of the molecule is C=C1C=CN2C(=N1)C(N1CCN(C)CC1)=C=CCc1cc(Cl)c(Cl)cc12. The third kappa shape index (κ3) is 3.22. The van der Waals surface area contributed by atoms with Crippen molar-refractivity contribution in [2.45, 2.75) is 6.42 Å². The van der Waals surface area contributed by atoms with E-state index in [9.17, 15) is 0 Å². The van der Waals surface area contributed by atoms with Gasteiger partial charge in [-0.15, -0.1) is 0 Å². The van der Waals surface area contributed by atoms with Crippen LogP contribution in [0.2, 0.25) is 10.0 Å². The van der Waals surface area contributed by atoms with Crippen LogP contribution in [-0.2, 0) is 6.42 Å². The predicted molar refractivity (Wildman–Crippen MR) is 109 cm³/mol. The largest absolute Gasteiger partial charge is 0.360 e. The molecule has 0 spiro atoms. The van der Waals surface area contributed by atoms with Crippen molar-refractivity contribution in [3.8, 4) is 0 Å². The number of fused-ring (bicyclic) bond motifs is 3. The molecule has 3 heterocycles. The van der Waals surface area contributed by atoms with Gasteiger partial charge in [-0.3, -0.25) is 4.90 Å². The van der Waals surface area contributed by atoms with E-state index in [0.717, 1.165) is 61.1 Å². The topological polar surface area (TPSA) is 22.1 Å². The summed E-state index contributed by atoms with van der Waals surface area (Å²) < 4.78 is 0. The molecule has 0 aliphatic carbocycles. The summed E-state index contributed by atoms with van der Waals surface area (Å²) in [5, 5.41) is 1.10. The van der Waals surface area contributed by atoms with Gasteiger partial charge in [0.25, 0.3) is 0 Å². The number of aliphatic imine (C=N–C) groups is 1. The molecule has 4 rings (SSSR count). The molecule has 1 fully saturated rings. The van der Waals surface area contributed by atoms with Crippen LogP contribution in [0, 0.1) is 0 Å². The number of likely N-dealkylation sites (N-methyl/N-ethyl adjacent to an activating group) is 1. The maximum atomic E-state index is 6.31. The molecule has 6 heteroatoms. The number of piperazine rings is 1. The van der Waals surface area contributed by atoms with E-state index in [0.29, 0.717) is 10.0 Å². The summed E-state index contributed by atoms with van der Waals surface area (Å²) in [6.07, 6.45) is 6.69. The van der Waals surface area contributed by atoms with Crippen molar-refractivity contribution in [1.29, 1.82) is 0 Å². The lowest BCUT2D eigenvalue weighted by Crippen LogP contribution is -2.47. The zero-order valence-electron chi connectivity index (χ0n) is 14.7. The molecule has 0 saturated carbocycles. The van der Waals surface area contributed by atoms with E-state index in [1.807, 2.05) is 24.4 Å². The van der Waals surface area contributed by atoms with Gasteiger partial charge in [0.05, 0.1) is 21.4 Å². The van der Waals surface area contributed by atoms with E-state index < -0.39 is 0 Å². The molecule has 0 radical (unpaired) electrons. The maximum absolute atomic E-state index is 6.31. The Balaban J connectivity index is 1.82. The third-order valence-electron chi connectivity index (χ3n) is 4.87. The molecule has 0 aromatic heterocycles. The fourth-order valence-corrected chi connectivity index (χ4v) is 3.71. The maximum Gasteiger partial charge on any atom is 0.169 e. The molecule has 4 nitrogen and oxygen atoms in total. The average Bonchev–Trinajstić information content (AvgIpc) is 2.61.